The van der Waals surface area contributed by atoms with Crippen molar-refractivity contribution < 1.29 is 17.9 Å². The lowest BCUT2D eigenvalue weighted by Gasteiger charge is -2.35. The number of para-hydroxylation sites is 2. The lowest BCUT2D eigenvalue weighted by atomic mass is 9.85. The molecule has 8 nitrogen and oxygen atoms in total. The zero-order chi connectivity index (χ0) is 29.8. The van der Waals surface area contributed by atoms with Gasteiger partial charge in [-0.15, -0.1) is 0 Å². The van der Waals surface area contributed by atoms with E-state index in [2.05, 4.69) is 27.1 Å². The Morgan fingerprint density at radius 1 is 0.953 bits per heavy atom. The van der Waals surface area contributed by atoms with Crippen molar-refractivity contribution >= 4 is 22.8 Å². The van der Waals surface area contributed by atoms with Crippen molar-refractivity contribution in [2.75, 3.05) is 56.7 Å². The minimum atomic E-state index is -2.75. The van der Waals surface area contributed by atoms with Crippen LogP contribution in [0.25, 0.3) is 16.9 Å². The molecule has 0 radical (unpaired) electrons. The van der Waals surface area contributed by atoms with Gasteiger partial charge in [0.2, 0.25) is 5.95 Å². The number of morpholine rings is 1. The molecule has 4 aromatic rings. The standard InChI is InChI=1S/C32H38F3N7O/c1-40(15-14-22-6-10-24(33)11-7-22)25-12-8-23(9-13-25)21-36-32-38-28(41-16-18-43-19-17-41)20-29(39-32)42-27-5-3-2-4-26(27)37-31(42)30(34)35/h2-7,10-11,20,23,25,30H,8-9,12-19,21H2,1H3,(H,36,38,39)/t23-,25-. The second-order valence-corrected chi connectivity index (χ2v) is 11.5. The highest BCUT2D eigenvalue weighted by atomic mass is 19.3. The first-order valence-corrected chi connectivity index (χ1v) is 15.1. The summed E-state index contributed by atoms with van der Waals surface area (Å²) in [6.45, 7) is 4.15. The fourth-order valence-electron chi connectivity index (χ4n) is 6.17. The molecule has 1 saturated heterocycles. The summed E-state index contributed by atoms with van der Waals surface area (Å²) >= 11 is 0. The van der Waals surface area contributed by atoms with E-state index >= 15 is 0 Å². The fraction of sp³-hybridized carbons (Fsp3) is 0.469. The van der Waals surface area contributed by atoms with E-state index in [9.17, 15) is 13.2 Å². The van der Waals surface area contributed by atoms with Crippen molar-refractivity contribution in [1.29, 1.82) is 0 Å². The molecule has 11 heteroatoms. The summed E-state index contributed by atoms with van der Waals surface area (Å²) in [6.07, 6.45) is 2.51. The number of hydrogen-bond acceptors (Lipinski definition) is 7. The van der Waals surface area contributed by atoms with Crippen LogP contribution < -0.4 is 10.2 Å². The first kappa shape index (κ1) is 29.4. The number of halogens is 3. The van der Waals surface area contributed by atoms with Crippen LogP contribution in [0.4, 0.5) is 24.9 Å². The van der Waals surface area contributed by atoms with E-state index in [1.54, 1.807) is 24.3 Å². The average Bonchev–Trinajstić information content (AvgIpc) is 3.44. The smallest absolute Gasteiger partial charge is 0.296 e. The number of nitrogens with zero attached hydrogens (tertiary/aromatic N) is 6. The molecule has 2 fully saturated rings. The number of nitrogens with one attached hydrogen (secondary N) is 1. The molecule has 1 aliphatic heterocycles. The largest absolute Gasteiger partial charge is 0.378 e. The van der Waals surface area contributed by atoms with Crippen LogP contribution in [0.3, 0.4) is 0 Å². The summed E-state index contributed by atoms with van der Waals surface area (Å²) in [7, 11) is 2.17. The summed E-state index contributed by atoms with van der Waals surface area (Å²) in [5.74, 6) is 1.41. The topological polar surface area (TPSA) is 71.3 Å². The Balaban J connectivity index is 1.14. The van der Waals surface area contributed by atoms with Gasteiger partial charge in [-0.2, -0.15) is 9.97 Å². The molecular weight excluding hydrogens is 555 g/mol. The van der Waals surface area contributed by atoms with Crippen LogP contribution >= 0.6 is 0 Å². The third-order valence-electron chi connectivity index (χ3n) is 8.70. The number of fused-ring (bicyclic) bond motifs is 1. The number of likely N-dealkylation sites (N-methyl/N-ethyl adjacent to an activating group) is 1. The van der Waals surface area contributed by atoms with Gasteiger partial charge in [0.1, 0.15) is 17.5 Å². The van der Waals surface area contributed by atoms with Crippen LogP contribution in [-0.2, 0) is 11.2 Å². The first-order valence-electron chi connectivity index (χ1n) is 15.1. The molecule has 3 heterocycles. The SMILES string of the molecule is CN(CCc1ccc(F)cc1)[C@H]1CC[C@H](CNc2nc(N3CCOCC3)cc(-n3c(C(F)F)nc4ccccc43)n2)CC1. The highest BCUT2D eigenvalue weighted by Gasteiger charge is 2.26. The predicted molar refractivity (Wildman–Crippen MR) is 162 cm³/mol. The quantitative estimate of drug-likeness (QED) is 0.247. The number of aromatic nitrogens is 4. The Morgan fingerprint density at radius 3 is 2.42 bits per heavy atom. The predicted octanol–water partition coefficient (Wildman–Crippen LogP) is 5.87. The maximum atomic E-state index is 14.1. The van der Waals surface area contributed by atoms with Crippen molar-refractivity contribution in [3.05, 3.63) is 71.8 Å². The van der Waals surface area contributed by atoms with Crippen molar-refractivity contribution in [1.82, 2.24) is 24.4 Å². The van der Waals surface area contributed by atoms with Crippen LogP contribution in [0.2, 0.25) is 0 Å². The molecule has 0 spiro atoms. The maximum Gasteiger partial charge on any atom is 0.296 e. The zero-order valence-electron chi connectivity index (χ0n) is 24.4. The third kappa shape index (κ3) is 6.94. The second-order valence-electron chi connectivity index (χ2n) is 11.5. The molecule has 2 aromatic carbocycles. The van der Waals surface area contributed by atoms with Crippen LogP contribution in [0.1, 0.15) is 43.5 Å². The van der Waals surface area contributed by atoms with Gasteiger partial charge in [-0.1, -0.05) is 24.3 Å². The minimum Gasteiger partial charge on any atom is -0.378 e. The molecule has 2 aromatic heterocycles. The lowest BCUT2D eigenvalue weighted by molar-refractivity contribution is 0.122. The van der Waals surface area contributed by atoms with E-state index in [1.165, 1.54) is 16.7 Å². The summed E-state index contributed by atoms with van der Waals surface area (Å²) in [5, 5.41) is 3.44. The second kappa shape index (κ2) is 13.3. The van der Waals surface area contributed by atoms with Crippen LogP contribution in [0, 0.1) is 11.7 Å². The van der Waals surface area contributed by atoms with Gasteiger partial charge in [-0.25, -0.2) is 18.2 Å². The molecule has 0 atom stereocenters. The Labute approximate surface area is 249 Å². The highest BCUT2D eigenvalue weighted by molar-refractivity contribution is 5.78. The van der Waals surface area contributed by atoms with Gasteiger partial charge in [0.05, 0.1) is 24.2 Å². The minimum absolute atomic E-state index is 0.202. The number of anilines is 2. The number of hydrogen-bond donors (Lipinski definition) is 1. The van der Waals surface area contributed by atoms with Crippen molar-refractivity contribution in [2.24, 2.45) is 5.92 Å². The van der Waals surface area contributed by atoms with E-state index in [1.807, 2.05) is 18.2 Å². The van der Waals surface area contributed by atoms with E-state index in [4.69, 9.17) is 14.7 Å². The normalized spacial score (nSPS) is 19.4. The van der Waals surface area contributed by atoms with E-state index in [0.717, 1.165) is 44.2 Å². The summed E-state index contributed by atoms with van der Waals surface area (Å²) < 4.78 is 48.5. The molecule has 0 unspecified atom stereocenters. The van der Waals surface area contributed by atoms with Gasteiger partial charge in [-0.3, -0.25) is 4.57 Å². The Hall–Kier alpha value is -3.70. The molecule has 228 valence electrons. The molecule has 0 bridgehead atoms. The van der Waals surface area contributed by atoms with Gasteiger partial charge in [0.25, 0.3) is 6.43 Å². The number of rotatable bonds is 10. The number of imidazole rings is 1. The number of alkyl halides is 2. The summed E-state index contributed by atoms with van der Waals surface area (Å²) in [6, 6.07) is 16.2. The zero-order valence-corrected chi connectivity index (χ0v) is 24.4. The average molecular weight is 594 g/mol. The molecule has 2 aliphatic rings. The lowest BCUT2D eigenvalue weighted by Crippen LogP contribution is -2.37. The molecule has 1 aliphatic carbocycles. The molecule has 43 heavy (non-hydrogen) atoms. The van der Waals surface area contributed by atoms with Gasteiger partial charge in [0, 0.05) is 38.3 Å². The molecular formula is C32H38F3N7O. The van der Waals surface area contributed by atoms with E-state index in [0.29, 0.717) is 73.4 Å². The first-order chi connectivity index (χ1) is 20.9. The van der Waals surface area contributed by atoms with Crippen molar-refractivity contribution in [3.8, 4) is 5.82 Å². The van der Waals surface area contributed by atoms with Crippen LogP contribution in [0.15, 0.2) is 54.6 Å². The van der Waals surface area contributed by atoms with Gasteiger partial charge in [-0.05, 0) is 74.9 Å². The Morgan fingerprint density at radius 2 is 1.67 bits per heavy atom. The van der Waals surface area contributed by atoms with E-state index < -0.39 is 6.43 Å². The molecule has 0 amide bonds. The summed E-state index contributed by atoms with van der Waals surface area (Å²) in [5.41, 5.74) is 2.23. The molecule has 1 saturated carbocycles. The summed E-state index contributed by atoms with van der Waals surface area (Å²) in [4.78, 5) is 18.3. The molecule has 1 N–H and O–H groups in total. The maximum absolute atomic E-state index is 14.1. The van der Waals surface area contributed by atoms with E-state index in [-0.39, 0.29) is 11.6 Å². The van der Waals surface area contributed by atoms with Crippen LogP contribution in [-0.4, -0.2) is 76.9 Å². The monoisotopic (exact) mass is 593 g/mol. The third-order valence-corrected chi connectivity index (χ3v) is 8.70. The highest BCUT2D eigenvalue weighted by Crippen LogP contribution is 2.30. The number of benzene rings is 2. The fourth-order valence-corrected chi connectivity index (χ4v) is 6.17. The van der Waals surface area contributed by atoms with Crippen molar-refractivity contribution in [2.45, 2.75) is 44.6 Å². The van der Waals surface area contributed by atoms with Gasteiger partial charge >= 0.3 is 0 Å². The van der Waals surface area contributed by atoms with Crippen molar-refractivity contribution in [3.63, 3.8) is 0 Å². The Bertz CT molecular complexity index is 1500. The van der Waals surface area contributed by atoms with Crippen LogP contribution in [0.5, 0.6) is 0 Å². The van der Waals surface area contributed by atoms with Gasteiger partial charge in [0.15, 0.2) is 5.82 Å². The number of ether oxygens (including phenoxy) is 1. The molecule has 6 rings (SSSR count). The Kier molecular flexibility index (Phi) is 9.08. The van der Waals surface area contributed by atoms with Gasteiger partial charge < -0.3 is 19.9 Å².